The Morgan fingerprint density at radius 3 is 2.74 bits per heavy atom. The van der Waals surface area contributed by atoms with E-state index < -0.39 is 0 Å². The van der Waals surface area contributed by atoms with Gasteiger partial charge >= 0.3 is 0 Å². The number of hydrogen-bond acceptors (Lipinski definition) is 2. The first-order valence-electron chi connectivity index (χ1n) is 6.46. The van der Waals surface area contributed by atoms with Gasteiger partial charge in [-0.25, -0.2) is 0 Å². The summed E-state index contributed by atoms with van der Waals surface area (Å²) in [7, 11) is 0. The van der Waals surface area contributed by atoms with Crippen LogP contribution in [0.25, 0.3) is 0 Å². The standard InChI is InChI=1S/C16H19NO2/c1-4-14-10-15(12(3)19-14)16(18)17-11(2)13-8-6-5-7-9-13/h4-9,11,14H,1,10H2,2-3H3,(H,17,18)/t11-,14+/m1/s1. The van der Waals surface area contributed by atoms with Crippen LogP contribution in [0.5, 0.6) is 0 Å². The van der Waals surface area contributed by atoms with Crippen molar-refractivity contribution in [2.75, 3.05) is 0 Å². The van der Waals surface area contributed by atoms with Gasteiger partial charge in [-0.3, -0.25) is 4.79 Å². The Morgan fingerprint density at radius 1 is 1.47 bits per heavy atom. The molecule has 1 aliphatic heterocycles. The minimum atomic E-state index is -0.0761. The van der Waals surface area contributed by atoms with Gasteiger partial charge in [0.05, 0.1) is 11.6 Å². The topological polar surface area (TPSA) is 38.3 Å². The molecule has 1 heterocycles. The van der Waals surface area contributed by atoms with Crippen molar-refractivity contribution in [2.45, 2.75) is 32.4 Å². The number of benzene rings is 1. The van der Waals surface area contributed by atoms with Gasteiger partial charge in [-0.1, -0.05) is 43.0 Å². The summed E-state index contributed by atoms with van der Waals surface area (Å²) in [6.07, 6.45) is 2.25. The number of amides is 1. The predicted octanol–water partition coefficient (Wildman–Crippen LogP) is 3.11. The van der Waals surface area contributed by atoms with Gasteiger partial charge in [-0.2, -0.15) is 0 Å². The van der Waals surface area contributed by atoms with E-state index in [2.05, 4.69) is 11.9 Å². The first-order valence-corrected chi connectivity index (χ1v) is 6.46. The Morgan fingerprint density at radius 2 is 2.16 bits per heavy atom. The third kappa shape index (κ3) is 3.05. The molecule has 0 saturated heterocycles. The summed E-state index contributed by atoms with van der Waals surface area (Å²) in [6, 6.07) is 9.89. The Balaban J connectivity index is 2.02. The summed E-state index contributed by atoms with van der Waals surface area (Å²) in [5.41, 5.74) is 1.81. The van der Waals surface area contributed by atoms with E-state index in [1.54, 1.807) is 6.08 Å². The van der Waals surface area contributed by atoms with Crippen LogP contribution in [0, 0.1) is 0 Å². The first kappa shape index (κ1) is 13.4. The SMILES string of the molecule is C=C[C@H]1CC(C(=O)N[C@H](C)c2ccccc2)=C(C)O1. The highest BCUT2D eigenvalue weighted by Crippen LogP contribution is 2.26. The fraction of sp³-hybridized carbons (Fsp3) is 0.312. The molecule has 0 spiro atoms. The smallest absolute Gasteiger partial charge is 0.251 e. The lowest BCUT2D eigenvalue weighted by atomic mass is 10.1. The van der Waals surface area contributed by atoms with Crippen LogP contribution < -0.4 is 5.32 Å². The molecular formula is C16H19NO2. The van der Waals surface area contributed by atoms with Crippen LogP contribution in [-0.2, 0) is 9.53 Å². The van der Waals surface area contributed by atoms with Crippen LogP contribution in [0.1, 0.15) is 31.9 Å². The average Bonchev–Trinajstić information content (AvgIpc) is 2.81. The number of carbonyl (C=O) groups is 1. The van der Waals surface area contributed by atoms with E-state index in [9.17, 15) is 4.79 Å². The van der Waals surface area contributed by atoms with Crippen molar-refractivity contribution >= 4 is 5.91 Å². The van der Waals surface area contributed by atoms with Gasteiger partial charge in [0.15, 0.2) is 0 Å². The molecule has 0 bridgehead atoms. The van der Waals surface area contributed by atoms with Crippen molar-refractivity contribution in [1.29, 1.82) is 0 Å². The second kappa shape index (κ2) is 5.74. The minimum Gasteiger partial charge on any atom is -0.490 e. The quantitative estimate of drug-likeness (QED) is 0.842. The van der Waals surface area contributed by atoms with Gasteiger partial charge in [0.2, 0.25) is 0 Å². The van der Waals surface area contributed by atoms with E-state index in [4.69, 9.17) is 4.74 Å². The van der Waals surface area contributed by atoms with Gasteiger partial charge < -0.3 is 10.1 Å². The van der Waals surface area contributed by atoms with E-state index in [1.807, 2.05) is 44.2 Å². The molecule has 3 nitrogen and oxygen atoms in total. The molecular weight excluding hydrogens is 238 g/mol. The maximum absolute atomic E-state index is 12.2. The second-order valence-electron chi connectivity index (χ2n) is 4.74. The summed E-state index contributed by atoms with van der Waals surface area (Å²) in [5, 5.41) is 3.00. The number of rotatable bonds is 4. The largest absolute Gasteiger partial charge is 0.490 e. The minimum absolute atomic E-state index is 0.0169. The van der Waals surface area contributed by atoms with Crippen LogP contribution in [0.4, 0.5) is 0 Å². The van der Waals surface area contributed by atoms with Gasteiger partial charge in [0.25, 0.3) is 5.91 Å². The van der Waals surface area contributed by atoms with Crippen LogP contribution in [0.3, 0.4) is 0 Å². The zero-order valence-corrected chi connectivity index (χ0v) is 11.3. The Labute approximate surface area is 114 Å². The van der Waals surface area contributed by atoms with Crippen LogP contribution in [0.2, 0.25) is 0 Å². The summed E-state index contributed by atoms with van der Waals surface area (Å²) in [4.78, 5) is 12.2. The fourth-order valence-corrected chi connectivity index (χ4v) is 2.18. The third-order valence-electron chi connectivity index (χ3n) is 3.34. The van der Waals surface area contributed by atoms with Gasteiger partial charge in [-0.05, 0) is 19.4 Å². The van der Waals surface area contributed by atoms with E-state index in [0.717, 1.165) is 5.56 Å². The van der Waals surface area contributed by atoms with Crippen molar-refractivity contribution < 1.29 is 9.53 Å². The van der Waals surface area contributed by atoms with Crippen LogP contribution in [-0.4, -0.2) is 12.0 Å². The first-order chi connectivity index (χ1) is 9.11. The van der Waals surface area contributed by atoms with Crippen molar-refractivity contribution in [1.82, 2.24) is 5.32 Å². The molecule has 100 valence electrons. The second-order valence-corrected chi connectivity index (χ2v) is 4.74. The molecule has 1 N–H and O–H groups in total. The number of carbonyl (C=O) groups excluding carboxylic acids is 1. The van der Waals surface area contributed by atoms with Crippen molar-refractivity contribution in [3.63, 3.8) is 0 Å². The molecule has 1 aliphatic rings. The molecule has 2 atom stereocenters. The zero-order chi connectivity index (χ0) is 13.8. The number of hydrogen-bond donors (Lipinski definition) is 1. The summed E-state index contributed by atoms with van der Waals surface area (Å²) in [5.74, 6) is 0.640. The van der Waals surface area contributed by atoms with E-state index in [0.29, 0.717) is 17.8 Å². The third-order valence-corrected chi connectivity index (χ3v) is 3.34. The highest BCUT2D eigenvalue weighted by atomic mass is 16.5. The molecule has 0 aromatic heterocycles. The van der Waals surface area contributed by atoms with E-state index in [1.165, 1.54) is 0 Å². The molecule has 2 rings (SSSR count). The van der Waals surface area contributed by atoms with Crippen molar-refractivity contribution in [2.24, 2.45) is 0 Å². The van der Waals surface area contributed by atoms with Crippen LogP contribution in [0.15, 0.2) is 54.3 Å². The fourth-order valence-electron chi connectivity index (χ4n) is 2.18. The zero-order valence-electron chi connectivity index (χ0n) is 11.3. The van der Waals surface area contributed by atoms with Gasteiger partial charge in [0.1, 0.15) is 11.9 Å². The summed E-state index contributed by atoms with van der Waals surface area (Å²) >= 11 is 0. The monoisotopic (exact) mass is 257 g/mol. The van der Waals surface area contributed by atoms with Gasteiger partial charge in [-0.15, -0.1) is 0 Å². The van der Waals surface area contributed by atoms with Crippen molar-refractivity contribution in [3.8, 4) is 0 Å². The molecule has 0 radical (unpaired) electrons. The van der Waals surface area contributed by atoms with E-state index >= 15 is 0 Å². The summed E-state index contributed by atoms with van der Waals surface area (Å²) < 4.78 is 5.53. The number of nitrogens with one attached hydrogen (secondary N) is 1. The molecule has 1 amide bonds. The normalized spacial score (nSPS) is 19.8. The number of ether oxygens (including phenoxy) is 1. The Bertz CT molecular complexity index is 505. The highest BCUT2D eigenvalue weighted by Gasteiger charge is 2.26. The lowest BCUT2D eigenvalue weighted by Crippen LogP contribution is -2.28. The Kier molecular flexibility index (Phi) is 4.05. The average molecular weight is 257 g/mol. The van der Waals surface area contributed by atoms with E-state index in [-0.39, 0.29) is 18.1 Å². The molecule has 0 saturated carbocycles. The molecule has 3 heteroatoms. The van der Waals surface area contributed by atoms with Crippen LogP contribution >= 0.6 is 0 Å². The lowest BCUT2D eigenvalue weighted by Gasteiger charge is -2.14. The number of allylic oxidation sites excluding steroid dienone is 1. The highest BCUT2D eigenvalue weighted by molar-refractivity contribution is 5.94. The molecule has 19 heavy (non-hydrogen) atoms. The Hall–Kier alpha value is -2.03. The maximum atomic E-state index is 12.2. The molecule has 1 aromatic rings. The molecule has 1 aromatic carbocycles. The van der Waals surface area contributed by atoms with Gasteiger partial charge in [0, 0.05) is 6.42 Å². The van der Waals surface area contributed by atoms with Crippen molar-refractivity contribution in [3.05, 3.63) is 59.9 Å². The summed E-state index contributed by atoms with van der Waals surface area (Å²) in [6.45, 7) is 7.50. The predicted molar refractivity (Wildman–Crippen MR) is 75.4 cm³/mol. The molecule has 0 aliphatic carbocycles. The maximum Gasteiger partial charge on any atom is 0.251 e. The molecule has 0 fully saturated rings. The lowest BCUT2D eigenvalue weighted by molar-refractivity contribution is -0.118. The molecule has 0 unspecified atom stereocenters.